The first-order valence-corrected chi connectivity index (χ1v) is 5.51. The third-order valence-corrected chi connectivity index (χ3v) is 0. The molecular formula is Al2BO9Si3. The molecule has 15 heavy (non-hydrogen) atoms. The Bertz CT molecular complexity index is 121. The van der Waals surface area contributed by atoms with Crippen molar-refractivity contribution >= 4 is 70.6 Å². The summed E-state index contributed by atoms with van der Waals surface area (Å²) in [6, 6.07) is 0. The fourth-order valence-corrected chi connectivity index (χ4v) is 0. The fraction of sp³-hybridized carbons (Fsp3) is 0. The molecule has 0 aliphatic carbocycles. The summed E-state index contributed by atoms with van der Waals surface area (Å²) < 4.78 is 25.6. The maximum atomic E-state index is 8.52. The van der Waals surface area contributed by atoms with Gasteiger partial charge in [-0.15, -0.1) is 0 Å². The van der Waals surface area contributed by atoms with Crippen LogP contribution in [0.25, 0.3) is 0 Å². The van der Waals surface area contributed by atoms with Gasteiger partial charge in [-0.25, -0.2) is 0 Å². The van der Waals surface area contributed by atoms with Crippen molar-refractivity contribution in [1.82, 2.24) is 0 Å². The Morgan fingerprint density at radius 3 is 0.533 bits per heavy atom. The summed E-state index contributed by atoms with van der Waals surface area (Å²) in [6.07, 6.45) is 0. The molecule has 15 heteroatoms. The Labute approximate surface area is 113 Å². The van der Waals surface area contributed by atoms with E-state index in [1.165, 1.54) is 0 Å². The van der Waals surface area contributed by atoms with Crippen LogP contribution in [0.4, 0.5) is 0 Å². The minimum Gasteiger partial charge on any atom is -0.672 e. The van der Waals surface area contributed by atoms with E-state index in [9.17, 15) is 0 Å². The van der Waals surface area contributed by atoms with E-state index in [2.05, 4.69) is 0 Å². The molecule has 0 atom stereocenters. The molecular weight excluding hydrogens is 293 g/mol. The summed E-state index contributed by atoms with van der Waals surface area (Å²) in [4.78, 5) is 51.1. The Balaban J connectivity index is -0.0000000184. The molecule has 0 saturated carbocycles. The molecule has 0 spiro atoms. The van der Waals surface area contributed by atoms with Crippen molar-refractivity contribution in [3.05, 3.63) is 0 Å². The van der Waals surface area contributed by atoms with Gasteiger partial charge in [-0.3, -0.25) is 0 Å². The molecule has 0 amide bonds. The van der Waals surface area contributed by atoms with Gasteiger partial charge in [0.25, 0.3) is 0 Å². The topological polar surface area (TPSA) is 190 Å². The second kappa shape index (κ2) is 29.2. The Hall–Kier alpha value is -0.0195. The van der Waals surface area contributed by atoms with Gasteiger partial charge in [0.1, 0.15) is 0 Å². The van der Waals surface area contributed by atoms with Gasteiger partial charge in [-0.2, -0.15) is 0 Å². The largest absolute Gasteiger partial charge is 3.00 e. The van der Waals surface area contributed by atoms with Crippen molar-refractivity contribution in [1.29, 1.82) is 0 Å². The maximum Gasteiger partial charge on any atom is 3.00 e. The van der Waals surface area contributed by atoms with Crippen LogP contribution >= 0.6 is 0 Å². The molecule has 0 fully saturated rings. The molecule has 0 rings (SSSR count). The van der Waals surface area contributed by atoms with Crippen LogP contribution < -0.4 is 28.8 Å². The van der Waals surface area contributed by atoms with Crippen LogP contribution in [-0.2, 0) is 13.4 Å². The Morgan fingerprint density at radius 1 is 0.533 bits per heavy atom. The average molecular weight is 293 g/mol. The molecule has 0 N–H and O–H groups in total. The maximum absolute atomic E-state index is 8.52. The van der Waals surface area contributed by atoms with Crippen LogP contribution in [0.5, 0.6) is 0 Å². The van der Waals surface area contributed by atoms with E-state index in [0.717, 1.165) is 0 Å². The first-order chi connectivity index (χ1) is 5.20. The van der Waals surface area contributed by atoms with Gasteiger partial charge < -0.3 is 42.2 Å². The van der Waals surface area contributed by atoms with Gasteiger partial charge in [-0.05, 0) is 0 Å². The SMILES string of the molecule is O=[Si]([O-])[O-].O=[Si]([O-])[O-].O=[Si]([O-])[O-].[Al+3].[Al+3].[B]. The summed E-state index contributed by atoms with van der Waals surface area (Å²) >= 11 is 0. The number of hydrogen-bond acceptors (Lipinski definition) is 9. The summed E-state index contributed by atoms with van der Waals surface area (Å²) in [5.41, 5.74) is 0. The van der Waals surface area contributed by atoms with Crippen molar-refractivity contribution < 1.29 is 42.2 Å². The van der Waals surface area contributed by atoms with E-state index in [1.807, 2.05) is 0 Å². The monoisotopic (exact) mass is 293 g/mol. The second-order valence-corrected chi connectivity index (χ2v) is 2.25. The van der Waals surface area contributed by atoms with E-state index in [4.69, 9.17) is 42.2 Å². The number of rotatable bonds is 0. The molecule has 0 unspecified atom stereocenters. The van der Waals surface area contributed by atoms with E-state index < -0.39 is 27.5 Å². The quantitative estimate of drug-likeness (QED) is 0.390. The summed E-state index contributed by atoms with van der Waals surface area (Å²) in [5.74, 6) is 0. The van der Waals surface area contributed by atoms with Gasteiger partial charge in [0.15, 0.2) is 0 Å². The molecule has 0 heterocycles. The second-order valence-electron chi connectivity index (χ2n) is 0.750. The number of hydrogen-bond donors (Lipinski definition) is 0. The molecule has 0 saturated heterocycles. The van der Waals surface area contributed by atoms with Crippen LogP contribution in [0.2, 0.25) is 0 Å². The summed E-state index contributed by atoms with van der Waals surface area (Å²) in [6.45, 7) is 0. The molecule has 0 aromatic heterocycles. The normalized spacial score (nSPS) is 4.80. The minimum absolute atomic E-state index is 0. The zero-order chi connectivity index (χ0) is 10.7. The zero-order valence-corrected chi connectivity index (χ0v) is 12.2. The Morgan fingerprint density at radius 2 is 0.533 bits per heavy atom. The van der Waals surface area contributed by atoms with Crippen molar-refractivity contribution in [2.45, 2.75) is 0 Å². The molecule has 0 aliphatic rings. The predicted molar refractivity (Wildman–Crippen MR) is 36.6 cm³/mol. The molecule has 0 aliphatic heterocycles. The van der Waals surface area contributed by atoms with E-state index in [0.29, 0.717) is 0 Å². The molecule has 0 aromatic carbocycles. The van der Waals surface area contributed by atoms with Crippen molar-refractivity contribution in [3.63, 3.8) is 0 Å². The van der Waals surface area contributed by atoms with Crippen LogP contribution in [0.15, 0.2) is 0 Å². The van der Waals surface area contributed by atoms with E-state index in [1.54, 1.807) is 0 Å². The Kier molecular flexibility index (Phi) is 70.7. The van der Waals surface area contributed by atoms with E-state index >= 15 is 0 Å². The average Bonchev–Trinajstić information content (AvgIpc) is 1.54. The zero-order valence-electron chi connectivity index (χ0n) is 6.91. The van der Waals surface area contributed by atoms with Gasteiger partial charge in [0.2, 0.25) is 0 Å². The first kappa shape index (κ1) is 36.3. The standard InChI is InChI=1S/2Al.B.3O3Si/c;;;3*1-4(2)3/q2*+3;;3*-2. The third-order valence-electron chi connectivity index (χ3n) is 0. The van der Waals surface area contributed by atoms with Crippen molar-refractivity contribution in [3.8, 4) is 0 Å². The van der Waals surface area contributed by atoms with Gasteiger partial charge in [0, 0.05) is 35.9 Å². The smallest absolute Gasteiger partial charge is 0.672 e. The van der Waals surface area contributed by atoms with Crippen LogP contribution in [0.1, 0.15) is 0 Å². The van der Waals surface area contributed by atoms with Crippen LogP contribution in [-0.4, -0.2) is 70.6 Å². The molecule has 0 bridgehead atoms. The van der Waals surface area contributed by atoms with Gasteiger partial charge in [0.05, 0.1) is 0 Å². The van der Waals surface area contributed by atoms with Gasteiger partial charge in [-0.1, -0.05) is 0 Å². The predicted octanol–water partition coefficient (Wildman–Crippen LogP) is -9.78. The third kappa shape index (κ3) is 5290000. The molecule has 9 nitrogen and oxygen atoms in total. The van der Waals surface area contributed by atoms with Crippen molar-refractivity contribution in [2.75, 3.05) is 0 Å². The summed E-state index contributed by atoms with van der Waals surface area (Å²) in [5, 5.41) is 0. The van der Waals surface area contributed by atoms with Gasteiger partial charge >= 0.3 is 34.7 Å². The molecule has 75 valence electrons. The minimum atomic E-state index is -3.63. The van der Waals surface area contributed by atoms with Crippen molar-refractivity contribution in [2.24, 2.45) is 0 Å². The first-order valence-electron chi connectivity index (χ1n) is 1.84. The summed E-state index contributed by atoms with van der Waals surface area (Å²) in [7, 11) is -10.9. The fourth-order valence-electron chi connectivity index (χ4n) is 0. The molecule has 3 radical (unpaired) electrons. The van der Waals surface area contributed by atoms with Crippen LogP contribution in [0.3, 0.4) is 0 Å². The van der Waals surface area contributed by atoms with E-state index in [-0.39, 0.29) is 43.1 Å². The molecule has 0 aromatic rings. The van der Waals surface area contributed by atoms with Crippen LogP contribution in [0, 0.1) is 0 Å².